The number of carbonyl (C=O) groups excluding carboxylic acids is 1. The maximum absolute atomic E-state index is 11.3. The van der Waals surface area contributed by atoms with Crippen LogP contribution < -0.4 is 4.74 Å². The van der Waals surface area contributed by atoms with Gasteiger partial charge in [-0.15, -0.1) is 0 Å². The van der Waals surface area contributed by atoms with Crippen molar-refractivity contribution in [1.82, 2.24) is 0 Å². The van der Waals surface area contributed by atoms with Crippen LogP contribution in [-0.2, 0) is 9.53 Å². The van der Waals surface area contributed by atoms with Gasteiger partial charge in [0.25, 0.3) is 0 Å². The second-order valence-corrected chi connectivity index (χ2v) is 4.56. The molecular weight excluding hydrogens is 288 g/mol. The molecule has 0 aliphatic heterocycles. The molecule has 0 fully saturated rings. The van der Waals surface area contributed by atoms with Crippen LogP contribution in [0.2, 0.25) is 0 Å². The second-order valence-electron chi connectivity index (χ2n) is 3.64. The van der Waals surface area contributed by atoms with E-state index in [1.54, 1.807) is 32.0 Å². The van der Waals surface area contributed by atoms with Gasteiger partial charge >= 0.3 is 5.97 Å². The van der Waals surface area contributed by atoms with Crippen molar-refractivity contribution in [3.05, 3.63) is 28.2 Å². The minimum atomic E-state index is -0.716. The molecule has 0 heterocycles. The standard InChI is InChI=1S/C12H15BrO4/c1-7(14)10-5-4-9(13)6-11(10)17-8(2)12(15)16-3/h4-8,14H,1-3H3/t7-,8?/m0/s1. The van der Waals surface area contributed by atoms with E-state index < -0.39 is 18.2 Å². The van der Waals surface area contributed by atoms with Gasteiger partial charge in [0.15, 0.2) is 6.10 Å². The Balaban J connectivity index is 2.96. The van der Waals surface area contributed by atoms with Crippen LogP contribution in [-0.4, -0.2) is 24.3 Å². The summed E-state index contributed by atoms with van der Waals surface area (Å²) >= 11 is 3.31. The molecule has 0 radical (unpaired) electrons. The smallest absolute Gasteiger partial charge is 0.346 e. The van der Waals surface area contributed by atoms with Crippen molar-refractivity contribution in [1.29, 1.82) is 0 Å². The summed E-state index contributed by atoms with van der Waals surface area (Å²) in [6, 6.07) is 5.26. The molecule has 4 nitrogen and oxygen atoms in total. The number of ether oxygens (including phenoxy) is 2. The molecular formula is C12H15BrO4. The predicted molar refractivity (Wildman–Crippen MR) is 66.9 cm³/mol. The van der Waals surface area contributed by atoms with Crippen LogP contribution in [0, 0.1) is 0 Å². The fourth-order valence-electron chi connectivity index (χ4n) is 1.36. The summed E-state index contributed by atoms with van der Waals surface area (Å²) in [5, 5.41) is 9.59. The molecule has 94 valence electrons. The zero-order valence-electron chi connectivity index (χ0n) is 9.94. The van der Waals surface area contributed by atoms with Gasteiger partial charge < -0.3 is 14.6 Å². The fourth-order valence-corrected chi connectivity index (χ4v) is 1.70. The van der Waals surface area contributed by atoms with Gasteiger partial charge in [0, 0.05) is 10.0 Å². The van der Waals surface area contributed by atoms with Gasteiger partial charge in [-0.2, -0.15) is 0 Å². The van der Waals surface area contributed by atoms with Crippen molar-refractivity contribution in [2.75, 3.05) is 7.11 Å². The zero-order valence-corrected chi connectivity index (χ0v) is 11.5. The quantitative estimate of drug-likeness (QED) is 0.868. The van der Waals surface area contributed by atoms with Crippen molar-refractivity contribution >= 4 is 21.9 Å². The van der Waals surface area contributed by atoms with Crippen molar-refractivity contribution in [2.45, 2.75) is 26.1 Å². The van der Waals surface area contributed by atoms with E-state index in [1.165, 1.54) is 7.11 Å². The highest BCUT2D eigenvalue weighted by Gasteiger charge is 2.18. The van der Waals surface area contributed by atoms with Gasteiger partial charge in [0.05, 0.1) is 13.2 Å². The molecule has 0 saturated heterocycles. The third-order valence-electron chi connectivity index (χ3n) is 2.26. The molecule has 0 aromatic heterocycles. The molecule has 0 spiro atoms. The summed E-state index contributed by atoms with van der Waals surface area (Å²) in [6.07, 6.45) is -1.38. The van der Waals surface area contributed by atoms with Gasteiger partial charge in [-0.3, -0.25) is 0 Å². The Labute approximate surface area is 109 Å². The lowest BCUT2D eigenvalue weighted by molar-refractivity contribution is -0.148. The third kappa shape index (κ3) is 3.71. The van der Waals surface area contributed by atoms with Crippen LogP contribution >= 0.6 is 15.9 Å². The summed E-state index contributed by atoms with van der Waals surface area (Å²) in [5.74, 6) is 0.00814. The van der Waals surface area contributed by atoms with Crippen molar-refractivity contribution in [2.24, 2.45) is 0 Å². The molecule has 5 heteroatoms. The number of methoxy groups -OCH3 is 1. The highest BCUT2D eigenvalue weighted by molar-refractivity contribution is 9.10. The van der Waals surface area contributed by atoms with E-state index in [9.17, 15) is 9.90 Å². The molecule has 1 N–H and O–H groups in total. The number of aliphatic hydroxyl groups excluding tert-OH is 1. The Morgan fingerprint density at radius 3 is 2.59 bits per heavy atom. The van der Waals surface area contributed by atoms with Gasteiger partial charge in [-0.1, -0.05) is 22.0 Å². The number of rotatable bonds is 4. The van der Waals surface area contributed by atoms with E-state index in [0.29, 0.717) is 11.3 Å². The maximum Gasteiger partial charge on any atom is 0.346 e. The van der Waals surface area contributed by atoms with Crippen LogP contribution in [0.4, 0.5) is 0 Å². The van der Waals surface area contributed by atoms with Gasteiger partial charge in [-0.25, -0.2) is 4.79 Å². The molecule has 1 aromatic carbocycles. The van der Waals surface area contributed by atoms with E-state index in [1.807, 2.05) is 0 Å². The number of hydrogen-bond donors (Lipinski definition) is 1. The summed E-state index contributed by atoms with van der Waals surface area (Å²) in [5.41, 5.74) is 0.629. The third-order valence-corrected chi connectivity index (χ3v) is 2.76. The first kappa shape index (κ1) is 14.0. The van der Waals surface area contributed by atoms with E-state index in [4.69, 9.17) is 4.74 Å². The monoisotopic (exact) mass is 302 g/mol. The first-order valence-electron chi connectivity index (χ1n) is 5.17. The normalized spacial score (nSPS) is 13.9. The molecule has 2 atom stereocenters. The minimum absolute atomic E-state index is 0.457. The minimum Gasteiger partial charge on any atom is -0.479 e. The molecule has 0 amide bonds. The van der Waals surface area contributed by atoms with Crippen LogP contribution in [0.5, 0.6) is 5.75 Å². The van der Waals surface area contributed by atoms with Crippen LogP contribution in [0.15, 0.2) is 22.7 Å². The van der Waals surface area contributed by atoms with E-state index in [-0.39, 0.29) is 0 Å². The van der Waals surface area contributed by atoms with Crippen LogP contribution in [0.25, 0.3) is 0 Å². The molecule has 0 aliphatic rings. The highest BCUT2D eigenvalue weighted by atomic mass is 79.9. The number of carbonyl (C=O) groups is 1. The number of esters is 1. The molecule has 1 unspecified atom stereocenters. The highest BCUT2D eigenvalue weighted by Crippen LogP contribution is 2.29. The Morgan fingerprint density at radius 1 is 1.41 bits per heavy atom. The van der Waals surface area contributed by atoms with Gasteiger partial charge in [0.2, 0.25) is 0 Å². The summed E-state index contributed by atoms with van der Waals surface area (Å²) < 4.78 is 10.9. The lowest BCUT2D eigenvalue weighted by Crippen LogP contribution is -2.25. The number of aliphatic hydroxyl groups is 1. The second kappa shape index (κ2) is 6.02. The molecule has 17 heavy (non-hydrogen) atoms. The zero-order chi connectivity index (χ0) is 13.0. The SMILES string of the molecule is COC(=O)C(C)Oc1cc(Br)ccc1[C@H](C)O. The average Bonchev–Trinajstić information content (AvgIpc) is 2.27. The summed E-state index contributed by atoms with van der Waals surface area (Å²) in [4.78, 5) is 11.3. The Hall–Kier alpha value is -1.07. The topological polar surface area (TPSA) is 55.8 Å². The largest absolute Gasteiger partial charge is 0.479 e. The predicted octanol–water partition coefficient (Wildman–Crippen LogP) is 2.44. The van der Waals surface area contributed by atoms with Gasteiger partial charge in [0.1, 0.15) is 5.75 Å². The first-order chi connectivity index (χ1) is 7.95. The molecule has 0 aliphatic carbocycles. The van der Waals surface area contributed by atoms with E-state index in [0.717, 1.165) is 4.47 Å². The number of benzene rings is 1. The number of hydrogen-bond acceptors (Lipinski definition) is 4. The fraction of sp³-hybridized carbons (Fsp3) is 0.417. The van der Waals surface area contributed by atoms with Crippen LogP contribution in [0.1, 0.15) is 25.5 Å². The number of halogens is 1. The van der Waals surface area contributed by atoms with Crippen LogP contribution in [0.3, 0.4) is 0 Å². The Kier molecular flexibility index (Phi) is 4.96. The summed E-state index contributed by atoms with van der Waals surface area (Å²) in [6.45, 7) is 3.23. The Bertz CT molecular complexity index is 403. The molecule has 0 saturated carbocycles. The van der Waals surface area contributed by atoms with Crippen molar-refractivity contribution in [3.8, 4) is 5.75 Å². The maximum atomic E-state index is 11.3. The Morgan fingerprint density at radius 2 is 2.06 bits per heavy atom. The molecule has 0 bridgehead atoms. The lowest BCUT2D eigenvalue weighted by atomic mass is 10.1. The van der Waals surface area contributed by atoms with E-state index in [2.05, 4.69) is 20.7 Å². The van der Waals surface area contributed by atoms with Crippen molar-refractivity contribution in [3.63, 3.8) is 0 Å². The van der Waals surface area contributed by atoms with Crippen molar-refractivity contribution < 1.29 is 19.4 Å². The summed E-state index contributed by atoms with van der Waals surface area (Å²) in [7, 11) is 1.30. The molecule has 1 aromatic rings. The lowest BCUT2D eigenvalue weighted by Gasteiger charge is -2.17. The first-order valence-corrected chi connectivity index (χ1v) is 5.97. The van der Waals surface area contributed by atoms with E-state index >= 15 is 0 Å². The van der Waals surface area contributed by atoms with Gasteiger partial charge in [-0.05, 0) is 26.0 Å². The average molecular weight is 303 g/mol. The molecule has 1 rings (SSSR count).